The molecule has 0 fully saturated rings. The van der Waals surface area contributed by atoms with Crippen molar-refractivity contribution >= 4 is 32.3 Å². The van der Waals surface area contributed by atoms with Crippen molar-refractivity contribution in [1.29, 1.82) is 0 Å². The molecule has 0 spiro atoms. The number of aromatic nitrogens is 3. The Morgan fingerprint density at radius 1 is 0.425 bits per heavy atom. The molecule has 0 aliphatic rings. The second-order valence-corrected chi connectivity index (χ2v) is 11.3. The number of benzene rings is 6. The van der Waals surface area contributed by atoms with Crippen LogP contribution >= 0.6 is 0 Å². The fraction of sp³-hybridized carbons (Fsp3) is 0.162. The van der Waals surface area contributed by atoms with E-state index in [1.165, 1.54) is 65.7 Å². The van der Waals surface area contributed by atoms with E-state index in [0.29, 0.717) is 5.82 Å². The average molecular weight is 518 g/mol. The molecule has 1 heterocycles. The summed E-state index contributed by atoms with van der Waals surface area (Å²) >= 11 is 0. The van der Waals surface area contributed by atoms with Crippen LogP contribution in [0.2, 0.25) is 0 Å². The van der Waals surface area contributed by atoms with E-state index in [9.17, 15) is 0 Å². The molecular formula is C37H31N3. The summed E-state index contributed by atoms with van der Waals surface area (Å²) in [7, 11) is 0. The fourth-order valence-corrected chi connectivity index (χ4v) is 6.72. The summed E-state index contributed by atoms with van der Waals surface area (Å²) in [6, 6.07) is 28.6. The van der Waals surface area contributed by atoms with Gasteiger partial charge in [0.05, 0.1) is 0 Å². The first-order valence-electron chi connectivity index (χ1n) is 13.9. The lowest BCUT2D eigenvalue weighted by Crippen LogP contribution is -2.04. The largest absolute Gasteiger partial charge is 0.208 e. The van der Waals surface area contributed by atoms with E-state index in [-0.39, 0.29) is 0 Å². The summed E-state index contributed by atoms with van der Waals surface area (Å²) in [4.78, 5) is 15.5. The molecule has 0 unspecified atom stereocenters. The molecule has 0 bridgehead atoms. The first kappa shape index (κ1) is 24.4. The molecule has 0 saturated heterocycles. The molecule has 0 aliphatic carbocycles. The van der Waals surface area contributed by atoms with Gasteiger partial charge >= 0.3 is 0 Å². The Hall–Kier alpha value is -4.63. The molecule has 1 aromatic heterocycles. The van der Waals surface area contributed by atoms with E-state index in [0.717, 1.165) is 28.3 Å². The van der Waals surface area contributed by atoms with Gasteiger partial charge in [0.25, 0.3) is 0 Å². The van der Waals surface area contributed by atoms with Crippen molar-refractivity contribution in [2.75, 3.05) is 0 Å². The highest BCUT2D eigenvalue weighted by molar-refractivity contribution is 6.25. The van der Waals surface area contributed by atoms with E-state index < -0.39 is 0 Å². The zero-order chi connectivity index (χ0) is 27.7. The van der Waals surface area contributed by atoms with Crippen LogP contribution in [0.1, 0.15) is 33.4 Å². The van der Waals surface area contributed by atoms with Crippen LogP contribution in [-0.4, -0.2) is 15.0 Å². The molecule has 6 aromatic carbocycles. The van der Waals surface area contributed by atoms with Crippen molar-refractivity contribution in [3.63, 3.8) is 0 Å². The Kier molecular flexibility index (Phi) is 5.47. The molecule has 40 heavy (non-hydrogen) atoms. The van der Waals surface area contributed by atoms with Gasteiger partial charge in [0.2, 0.25) is 0 Å². The van der Waals surface area contributed by atoms with Gasteiger partial charge in [-0.15, -0.1) is 0 Å². The third kappa shape index (κ3) is 3.76. The Bertz CT molecular complexity index is 1980. The zero-order valence-corrected chi connectivity index (χ0v) is 23.8. The third-order valence-electron chi connectivity index (χ3n) is 8.21. The van der Waals surface area contributed by atoms with Crippen molar-refractivity contribution in [1.82, 2.24) is 15.0 Å². The number of nitrogens with zero attached hydrogens (tertiary/aromatic N) is 3. The van der Waals surface area contributed by atoms with Gasteiger partial charge in [0.15, 0.2) is 17.5 Å². The van der Waals surface area contributed by atoms with Gasteiger partial charge in [0, 0.05) is 16.7 Å². The molecule has 3 heteroatoms. The second-order valence-electron chi connectivity index (χ2n) is 11.3. The number of hydrogen-bond donors (Lipinski definition) is 0. The van der Waals surface area contributed by atoms with Gasteiger partial charge in [0.1, 0.15) is 0 Å². The molecule has 7 rings (SSSR count). The molecule has 0 amide bonds. The Morgan fingerprint density at radius 2 is 0.850 bits per heavy atom. The third-order valence-corrected chi connectivity index (χ3v) is 8.21. The minimum atomic E-state index is 0.705. The van der Waals surface area contributed by atoms with E-state index in [1.807, 2.05) is 0 Å². The summed E-state index contributed by atoms with van der Waals surface area (Å²) in [5.74, 6) is 2.15. The van der Waals surface area contributed by atoms with Gasteiger partial charge in [-0.25, -0.2) is 15.0 Å². The van der Waals surface area contributed by atoms with E-state index in [2.05, 4.69) is 120 Å². The van der Waals surface area contributed by atoms with Crippen molar-refractivity contribution < 1.29 is 0 Å². The molecular weight excluding hydrogens is 486 g/mol. The number of hydrogen-bond acceptors (Lipinski definition) is 3. The minimum Gasteiger partial charge on any atom is -0.208 e. The summed E-state index contributed by atoms with van der Waals surface area (Å²) in [5, 5.41) is 7.46. The maximum atomic E-state index is 5.19. The number of aryl methyl sites for hydroxylation is 6. The van der Waals surface area contributed by atoms with Gasteiger partial charge in [-0.1, -0.05) is 83.9 Å². The van der Waals surface area contributed by atoms with Crippen molar-refractivity contribution in [3.8, 4) is 34.2 Å². The lowest BCUT2D eigenvalue weighted by atomic mass is 9.91. The Balaban J connectivity index is 1.57. The number of rotatable bonds is 3. The molecule has 0 aliphatic heterocycles. The molecule has 0 atom stereocenters. The second kappa shape index (κ2) is 8.96. The fourth-order valence-electron chi connectivity index (χ4n) is 6.72. The van der Waals surface area contributed by atoms with Crippen LogP contribution < -0.4 is 0 Å². The van der Waals surface area contributed by atoms with Crippen LogP contribution in [0.15, 0.2) is 78.9 Å². The maximum Gasteiger partial charge on any atom is 0.164 e. The predicted molar refractivity (Wildman–Crippen MR) is 168 cm³/mol. The summed E-state index contributed by atoms with van der Waals surface area (Å²) in [6.45, 7) is 12.9. The highest BCUT2D eigenvalue weighted by atomic mass is 15.0. The van der Waals surface area contributed by atoms with Gasteiger partial charge in [-0.3, -0.25) is 0 Å². The highest BCUT2D eigenvalue weighted by Gasteiger charge is 2.20. The standard InChI is InChI=1S/C37H31N3/c1-20-16-22(3)31(23(4)17-20)36-38-35(39-37(40-36)32-24(5)18-21(2)19-25(32)6)30-15-13-28-11-10-26-8-7-9-27-12-14-29(30)34(28)33(26)27/h7-19H,1-6H3. The lowest BCUT2D eigenvalue weighted by molar-refractivity contribution is 1.06. The maximum absolute atomic E-state index is 5.19. The van der Waals surface area contributed by atoms with Gasteiger partial charge < -0.3 is 0 Å². The van der Waals surface area contributed by atoms with Crippen LogP contribution in [0.3, 0.4) is 0 Å². The lowest BCUT2D eigenvalue weighted by Gasteiger charge is -2.17. The average Bonchev–Trinajstić information content (AvgIpc) is 2.90. The van der Waals surface area contributed by atoms with E-state index >= 15 is 0 Å². The Morgan fingerprint density at radius 3 is 1.38 bits per heavy atom. The van der Waals surface area contributed by atoms with Gasteiger partial charge in [-0.2, -0.15) is 0 Å². The van der Waals surface area contributed by atoms with Gasteiger partial charge in [-0.05, 0) is 102 Å². The minimum absolute atomic E-state index is 0.705. The molecule has 0 N–H and O–H groups in total. The first-order chi connectivity index (χ1) is 19.3. The first-order valence-corrected chi connectivity index (χ1v) is 13.9. The molecule has 194 valence electrons. The summed E-state index contributed by atoms with van der Waals surface area (Å²) < 4.78 is 0. The van der Waals surface area contributed by atoms with Crippen LogP contribution in [0.4, 0.5) is 0 Å². The zero-order valence-electron chi connectivity index (χ0n) is 23.8. The van der Waals surface area contributed by atoms with Crippen LogP contribution in [0.25, 0.3) is 66.5 Å². The smallest absolute Gasteiger partial charge is 0.164 e. The van der Waals surface area contributed by atoms with Crippen LogP contribution in [0, 0.1) is 41.5 Å². The normalized spacial score (nSPS) is 11.8. The topological polar surface area (TPSA) is 38.7 Å². The molecule has 7 aromatic rings. The quantitative estimate of drug-likeness (QED) is 0.219. The SMILES string of the molecule is Cc1cc(C)c(-c2nc(-c3c(C)cc(C)cc3C)nc(-c3ccc4ccc5cccc6ccc3c4c56)n2)c(C)c1. The highest BCUT2D eigenvalue weighted by Crippen LogP contribution is 2.39. The van der Waals surface area contributed by atoms with Crippen molar-refractivity contribution in [2.45, 2.75) is 41.5 Å². The van der Waals surface area contributed by atoms with Crippen LogP contribution in [0.5, 0.6) is 0 Å². The van der Waals surface area contributed by atoms with Crippen LogP contribution in [-0.2, 0) is 0 Å². The molecule has 3 nitrogen and oxygen atoms in total. The molecule has 0 saturated carbocycles. The monoisotopic (exact) mass is 517 g/mol. The van der Waals surface area contributed by atoms with Crippen molar-refractivity contribution in [2.24, 2.45) is 0 Å². The summed E-state index contributed by atoms with van der Waals surface area (Å²) in [6.07, 6.45) is 0. The molecule has 0 radical (unpaired) electrons. The van der Waals surface area contributed by atoms with E-state index in [4.69, 9.17) is 15.0 Å². The van der Waals surface area contributed by atoms with E-state index in [1.54, 1.807) is 0 Å². The van der Waals surface area contributed by atoms with Crippen molar-refractivity contribution in [3.05, 3.63) is 112 Å². The Labute approximate surface area is 234 Å². The predicted octanol–water partition coefficient (Wildman–Crippen LogP) is 9.62. The summed E-state index contributed by atoms with van der Waals surface area (Å²) in [5.41, 5.74) is 10.4.